The molecule has 4 atom stereocenters. The number of fused-ring (bicyclic) bond motifs is 3. The van der Waals surface area contributed by atoms with Gasteiger partial charge in [-0.25, -0.2) is 0 Å². The van der Waals surface area contributed by atoms with Crippen LogP contribution in [-0.4, -0.2) is 21.9 Å². The van der Waals surface area contributed by atoms with E-state index < -0.39 is 5.60 Å². The maximum absolute atomic E-state index is 10.7. The highest BCUT2D eigenvalue weighted by Crippen LogP contribution is 2.56. The van der Waals surface area contributed by atoms with Gasteiger partial charge in [-0.1, -0.05) is 25.5 Å². The summed E-state index contributed by atoms with van der Waals surface area (Å²) >= 11 is 0. The van der Waals surface area contributed by atoms with Crippen molar-refractivity contribution in [3.05, 3.63) is 35.4 Å². The molecule has 1 aliphatic carbocycles. The summed E-state index contributed by atoms with van der Waals surface area (Å²) in [7, 11) is 0. The van der Waals surface area contributed by atoms with E-state index in [1.165, 1.54) is 0 Å². The fraction of sp³-hybridized carbons (Fsp3) is 0.579. The van der Waals surface area contributed by atoms with E-state index in [0.717, 1.165) is 41.7 Å². The lowest BCUT2D eigenvalue weighted by atomic mass is 9.66. The Balaban J connectivity index is 2.08. The standard InChI is InChI=1S/C19H26O3/c1-5-6-12-9-14(20)17-15(10-12)22-18-16(17)13(11(2)3)7-8-19(18,4)21/h9-10,13,16,18,20-21H,2,5-8H2,1,3-4H3/t13?,16-,18+,19+/m1/s1. The number of aryl methyl sites for hydroxylation is 1. The monoisotopic (exact) mass is 302 g/mol. The molecule has 1 fully saturated rings. The number of ether oxygens (including phenoxy) is 1. The van der Waals surface area contributed by atoms with Gasteiger partial charge in [-0.05, 0) is 56.7 Å². The van der Waals surface area contributed by atoms with Gasteiger partial charge in [0.25, 0.3) is 0 Å². The van der Waals surface area contributed by atoms with Crippen molar-refractivity contribution in [1.29, 1.82) is 0 Å². The number of phenolic OH excluding ortho intramolecular Hbond substituents is 1. The number of aromatic hydroxyl groups is 1. The third kappa shape index (κ3) is 2.32. The minimum Gasteiger partial charge on any atom is -0.508 e. The highest BCUT2D eigenvalue weighted by Gasteiger charge is 2.53. The van der Waals surface area contributed by atoms with Gasteiger partial charge in [0.15, 0.2) is 0 Å². The second-order valence-corrected chi connectivity index (χ2v) is 7.19. The summed E-state index contributed by atoms with van der Waals surface area (Å²) in [6.45, 7) is 10.1. The molecule has 1 aromatic carbocycles. The molecule has 0 amide bonds. The molecule has 22 heavy (non-hydrogen) atoms. The van der Waals surface area contributed by atoms with E-state index in [1.807, 2.05) is 26.0 Å². The van der Waals surface area contributed by atoms with Crippen molar-refractivity contribution >= 4 is 0 Å². The predicted octanol–water partition coefficient (Wildman–Crippen LogP) is 3.93. The van der Waals surface area contributed by atoms with E-state index in [0.29, 0.717) is 12.2 Å². The van der Waals surface area contributed by atoms with Gasteiger partial charge in [0, 0.05) is 11.5 Å². The average molecular weight is 302 g/mol. The molecule has 0 bridgehead atoms. The molecule has 0 aromatic heterocycles. The molecule has 1 aromatic rings. The van der Waals surface area contributed by atoms with E-state index in [9.17, 15) is 10.2 Å². The molecule has 120 valence electrons. The van der Waals surface area contributed by atoms with E-state index in [-0.39, 0.29) is 17.9 Å². The van der Waals surface area contributed by atoms with Crippen molar-refractivity contribution in [3.8, 4) is 11.5 Å². The Bertz CT molecular complexity index is 603. The van der Waals surface area contributed by atoms with Crippen LogP contribution in [0.15, 0.2) is 24.3 Å². The topological polar surface area (TPSA) is 49.7 Å². The average Bonchev–Trinajstić information content (AvgIpc) is 2.80. The van der Waals surface area contributed by atoms with Gasteiger partial charge in [-0.15, -0.1) is 0 Å². The van der Waals surface area contributed by atoms with Gasteiger partial charge >= 0.3 is 0 Å². The third-order valence-electron chi connectivity index (χ3n) is 5.27. The highest BCUT2D eigenvalue weighted by atomic mass is 16.5. The summed E-state index contributed by atoms with van der Waals surface area (Å²) < 4.78 is 6.12. The van der Waals surface area contributed by atoms with Crippen LogP contribution < -0.4 is 4.74 Å². The van der Waals surface area contributed by atoms with Gasteiger partial charge in [0.05, 0.1) is 5.60 Å². The summed E-state index contributed by atoms with van der Waals surface area (Å²) in [5.74, 6) is 1.28. The van der Waals surface area contributed by atoms with Crippen LogP contribution in [0.2, 0.25) is 0 Å². The molecule has 1 saturated carbocycles. The van der Waals surface area contributed by atoms with Crippen LogP contribution in [0, 0.1) is 5.92 Å². The first-order chi connectivity index (χ1) is 10.3. The number of aliphatic hydroxyl groups is 1. The first-order valence-corrected chi connectivity index (χ1v) is 8.25. The van der Waals surface area contributed by atoms with Crippen LogP contribution in [0.1, 0.15) is 57.1 Å². The van der Waals surface area contributed by atoms with E-state index in [2.05, 4.69) is 13.5 Å². The molecule has 3 nitrogen and oxygen atoms in total. The van der Waals surface area contributed by atoms with Gasteiger partial charge in [0.1, 0.15) is 17.6 Å². The third-order valence-corrected chi connectivity index (χ3v) is 5.27. The molecule has 3 rings (SSSR count). The van der Waals surface area contributed by atoms with Gasteiger partial charge in [-0.2, -0.15) is 0 Å². The Morgan fingerprint density at radius 1 is 1.45 bits per heavy atom. The fourth-order valence-electron chi connectivity index (χ4n) is 4.14. The van der Waals surface area contributed by atoms with E-state index in [4.69, 9.17) is 4.74 Å². The molecule has 0 radical (unpaired) electrons. The molecule has 0 spiro atoms. The summed E-state index contributed by atoms with van der Waals surface area (Å²) in [4.78, 5) is 0. The largest absolute Gasteiger partial charge is 0.508 e. The molecule has 2 aliphatic rings. The van der Waals surface area contributed by atoms with Crippen molar-refractivity contribution in [2.75, 3.05) is 0 Å². The second kappa shape index (κ2) is 5.31. The maximum Gasteiger partial charge on any atom is 0.135 e. The predicted molar refractivity (Wildman–Crippen MR) is 87.4 cm³/mol. The molecular weight excluding hydrogens is 276 g/mol. The van der Waals surface area contributed by atoms with Crippen LogP contribution in [0.4, 0.5) is 0 Å². The second-order valence-electron chi connectivity index (χ2n) is 7.19. The highest BCUT2D eigenvalue weighted by molar-refractivity contribution is 5.54. The van der Waals surface area contributed by atoms with E-state index in [1.54, 1.807) is 0 Å². The quantitative estimate of drug-likeness (QED) is 0.832. The van der Waals surface area contributed by atoms with Crippen molar-refractivity contribution < 1.29 is 14.9 Å². The maximum atomic E-state index is 10.7. The number of allylic oxidation sites excluding steroid dienone is 1. The Morgan fingerprint density at radius 3 is 2.82 bits per heavy atom. The number of phenols is 1. The van der Waals surface area contributed by atoms with Gasteiger partial charge in [0.2, 0.25) is 0 Å². The van der Waals surface area contributed by atoms with Crippen molar-refractivity contribution in [3.63, 3.8) is 0 Å². The van der Waals surface area contributed by atoms with E-state index >= 15 is 0 Å². The lowest BCUT2D eigenvalue weighted by molar-refractivity contribution is -0.0824. The summed E-state index contributed by atoms with van der Waals surface area (Å²) in [5, 5.41) is 21.3. The van der Waals surface area contributed by atoms with Crippen LogP contribution in [-0.2, 0) is 6.42 Å². The van der Waals surface area contributed by atoms with Crippen molar-refractivity contribution in [1.82, 2.24) is 0 Å². The number of rotatable bonds is 3. The Kier molecular flexibility index (Phi) is 3.72. The molecule has 1 heterocycles. The summed E-state index contributed by atoms with van der Waals surface area (Å²) in [6, 6.07) is 3.88. The molecule has 0 saturated heterocycles. The Labute approximate surface area is 132 Å². The molecular formula is C19H26O3. The Morgan fingerprint density at radius 2 is 2.18 bits per heavy atom. The van der Waals surface area contributed by atoms with Crippen LogP contribution in [0.25, 0.3) is 0 Å². The first kappa shape index (κ1) is 15.4. The van der Waals surface area contributed by atoms with Crippen LogP contribution >= 0.6 is 0 Å². The lowest BCUT2D eigenvalue weighted by Crippen LogP contribution is -2.50. The van der Waals surface area contributed by atoms with Crippen molar-refractivity contribution in [2.45, 2.75) is 64.1 Å². The Hall–Kier alpha value is -1.48. The summed E-state index contributed by atoms with van der Waals surface area (Å²) in [6.07, 6.45) is 3.21. The number of benzene rings is 1. The minimum atomic E-state index is -0.868. The number of hydrogen-bond acceptors (Lipinski definition) is 3. The van der Waals surface area contributed by atoms with Crippen LogP contribution in [0.3, 0.4) is 0 Å². The first-order valence-electron chi connectivity index (χ1n) is 8.25. The van der Waals surface area contributed by atoms with Crippen LogP contribution in [0.5, 0.6) is 11.5 Å². The van der Waals surface area contributed by atoms with Gasteiger partial charge in [-0.3, -0.25) is 0 Å². The van der Waals surface area contributed by atoms with Gasteiger partial charge < -0.3 is 14.9 Å². The normalized spacial score (nSPS) is 33.0. The minimum absolute atomic E-state index is 0.00748. The zero-order valence-corrected chi connectivity index (χ0v) is 13.7. The molecule has 1 unspecified atom stereocenters. The van der Waals surface area contributed by atoms with Crippen molar-refractivity contribution in [2.24, 2.45) is 5.92 Å². The fourth-order valence-corrected chi connectivity index (χ4v) is 4.14. The zero-order valence-electron chi connectivity index (χ0n) is 13.7. The molecule has 1 aliphatic heterocycles. The smallest absolute Gasteiger partial charge is 0.135 e. The zero-order chi connectivity index (χ0) is 16.1. The lowest BCUT2D eigenvalue weighted by Gasteiger charge is -2.42. The molecule has 3 heteroatoms. The molecule has 2 N–H and O–H groups in total. The number of hydrogen-bond donors (Lipinski definition) is 2. The SMILES string of the molecule is C=C(C)C1CC[C@](C)(O)[C@H]2Oc3cc(CCC)cc(O)c3[C@@H]12. The summed E-state index contributed by atoms with van der Waals surface area (Å²) in [5.41, 5.74) is 2.17.